The maximum Gasteiger partial charge on any atom is 0.308 e. The van der Waals surface area contributed by atoms with Gasteiger partial charge in [-0.25, -0.2) is 9.67 Å². The summed E-state index contributed by atoms with van der Waals surface area (Å²) in [6.07, 6.45) is 3.30. The topological polar surface area (TPSA) is 77.2 Å². The van der Waals surface area contributed by atoms with Crippen LogP contribution in [0.1, 0.15) is 24.5 Å². The Hall–Kier alpha value is -1.43. The van der Waals surface area contributed by atoms with E-state index in [1.54, 1.807) is 4.68 Å². The number of aliphatic carboxylic acids is 1. The molecule has 1 aromatic rings. The van der Waals surface area contributed by atoms with Gasteiger partial charge in [0.05, 0.1) is 12.5 Å². The Morgan fingerprint density at radius 3 is 3.11 bits per heavy atom. The van der Waals surface area contributed by atoms with Gasteiger partial charge in [-0.05, 0) is 18.8 Å². The second-order valence-corrected chi connectivity index (χ2v) is 5.13. The van der Waals surface area contributed by atoms with Crippen LogP contribution in [0.5, 0.6) is 0 Å². The third-order valence-electron chi connectivity index (χ3n) is 3.75. The summed E-state index contributed by atoms with van der Waals surface area (Å²) < 4.78 is 7.11. The second-order valence-electron chi connectivity index (χ2n) is 5.13. The standard InChI is InChI=1S/C12H17N3O3/c16-12(17)9-1-2-11-13-10(14-15(11)6-9)5-8-3-4-18-7-8/h8-9H,1-7H2,(H,16,17). The third-order valence-corrected chi connectivity index (χ3v) is 3.75. The van der Waals surface area contributed by atoms with E-state index >= 15 is 0 Å². The molecule has 0 bridgehead atoms. The first-order valence-corrected chi connectivity index (χ1v) is 6.45. The van der Waals surface area contributed by atoms with Gasteiger partial charge in [-0.2, -0.15) is 5.10 Å². The van der Waals surface area contributed by atoms with Gasteiger partial charge in [0.25, 0.3) is 0 Å². The number of aryl methyl sites for hydroxylation is 1. The molecule has 0 saturated carbocycles. The van der Waals surface area contributed by atoms with Gasteiger partial charge in [0.15, 0.2) is 5.82 Å². The zero-order valence-corrected chi connectivity index (χ0v) is 10.2. The van der Waals surface area contributed by atoms with Crippen molar-refractivity contribution in [3.05, 3.63) is 11.6 Å². The van der Waals surface area contributed by atoms with Crippen molar-refractivity contribution < 1.29 is 14.6 Å². The summed E-state index contributed by atoms with van der Waals surface area (Å²) in [4.78, 5) is 15.5. The van der Waals surface area contributed by atoms with Gasteiger partial charge in [-0.3, -0.25) is 4.79 Å². The molecule has 2 aliphatic rings. The monoisotopic (exact) mass is 251 g/mol. The van der Waals surface area contributed by atoms with Gasteiger partial charge in [0.2, 0.25) is 0 Å². The Morgan fingerprint density at radius 2 is 2.39 bits per heavy atom. The van der Waals surface area contributed by atoms with Crippen molar-refractivity contribution in [1.82, 2.24) is 14.8 Å². The van der Waals surface area contributed by atoms with Gasteiger partial charge in [-0.15, -0.1) is 0 Å². The molecule has 1 aromatic heterocycles. The molecule has 3 rings (SSSR count). The van der Waals surface area contributed by atoms with Crippen LogP contribution in [0.15, 0.2) is 0 Å². The highest BCUT2D eigenvalue weighted by Gasteiger charge is 2.27. The van der Waals surface area contributed by atoms with Gasteiger partial charge in [-0.1, -0.05) is 0 Å². The minimum Gasteiger partial charge on any atom is -0.481 e. The number of carboxylic acid groups (broad SMARTS) is 1. The van der Waals surface area contributed by atoms with Crippen LogP contribution in [-0.2, 0) is 28.9 Å². The quantitative estimate of drug-likeness (QED) is 0.846. The van der Waals surface area contributed by atoms with Gasteiger partial charge in [0, 0.05) is 26.1 Å². The van der Waals surface area contributed by atoms with Crippen molar-refractivity contribution in [1.29, 1.82) is 0 Å². The van der Waals surface area contributed by atoms with E-state index in [-0.39, 0.29) is 5.92 Å². The molecule has 0 spiro atoms. The van der Waals surface area contributed by atoms with Crippen LogP contribution < -0.4 is 0 Å². The van der Waals surface area contributed by atoms with Crippen molar-refractivity contribution >= 4 is 5.97 Å². The number of carboxylic acids is 1. The van der Waals surface area contributed by atoms with Crippen molar-refractivity contribution in [2.75, 3.05) is 13.2 Å². The van der Waals surface area contributed by atoms with E-state index in [9.17, 15) is 4.79 Å². The molecule has 3 heterocycles. The molecule has 2 atom stereocenters. The fraction of sp³-hybridized carbons (Fsp3) is 0.750. The summed E-state index contributed by atoms with van der Waals surface area (Å²) in [5.41, 5.74) is 0. The number of carbonyl (C=O) groups is 1. The molecular weight excluding hydrogens is 234 g/mol. The van der Waals surface area contributed by atoms with Crippen LogP contribution >= 0.6 is 0 Å². The molecule has 2 aliphatic heterocycles. The lowest BCUT2D eigenvalue weighted by Gasteiger charge is -2.18. The summed E-state index contributed by atoms with van der Waals surface area (Å²) in [7, 11) is 0. The number of hydrogen-bond donors (Lipinski definition) is 1. The van der Waals surface area contributed by atoms with E-state index in [2.05, 4.69) is 10.1 Å². The van der Waals surface area contributed by atoms with Crippen molar-refractivity contribution in [2.45, 2.75) is 32.2 Å². The van der Waals surface area contributed by atoms with E-state index in [1.165, 1.54) is 0 Å². The van der Waals surface area contributed by atoms with E-state index < -0.39 is 5.97 Å². The van der Waals surface area contributed by atoms with Crippen molar-refractivity contribution in [3.8, 4) is 0 Å². The Labute approximate surface area is 105 Å². The number of rotatable bonds is 3. The maximum absolute atomic E-state index is 11.0. The summed E-state index contributed by atoms with van der Waals surface area (Å²) >= 11 is 0. The van der Waals surface area contributed by atoms with Gasteiger partial charge < -0.3 is 9.84 Å². The molecule has 2 unspecified atom stereocenters. The average Bonchev–Trinajstić information content (AvgIpc) is 2.96. The van der Waals surface area contributed by atoms with Crippen molar-refractivity contribution in [3.63, 3.8) is 0 Å². The van der Waals surface area contributed by atoms with E-state index in [0.717, 1.165) is 37.7 Å². The highest BCUT2D eigenvalue weighted by molar-refractivity contribution is 5.70. The van der Waals surface area contributed by atoms with E-state index in [0.29, 0.717) is 25.3 Å². The predicted octanol–water partition coefficient (Wildman–Crippen LogP) is 0.504. The molecule has 6 nitrogen and oxygen atoms in total. The lowest BCUT2D eigenvalue weighted by molar-refractivity contribution is -0.142. The molecule has 1 saturated heterocycles. The summed E-state index contributed by atoms with van der Waals surface area (Å²) in [6, 6.07) is 0. The maximum atomic E-state index is 11.0. The highest BCUT2D eigenvalue weighted by atomic mass is 16.5. The fourth-order valence-electron chi connectivity index (χ4n) is 2.65. The molecule has 1 fully saturated rings. The van der Waals surface area contributed by atoms with Crippen LogP contribution in [0.4, 0.5) is 0 Å². The zero-order chi connectivity index (χ0) is 12.5. The normalized spacial score (nSPS) is 27.1. The first-order valence-electron chi connectivity index (χ1n) is 6.45. The molecule has 6 heteroatoms. The SMILES string of the molecule is O=C(O)C1CCc2nc(CC3CCOC3)nn2C1. The number of fused-ring (bicyclic) bond motifs is 1. The Morgan fingerprint density at radius 1 is 1.50 bits per heavy atom. The van der Waals surface area contributed by atoms with Gasteiger partial charge in [0.1, 0.15) is 5.82 Å². The Balaban J connectivity index is 1.70. The number of hydrogen-bond acceptors (Lipinski definition) is 4. The third kappa shape index (κ3) is 2.25. The Kier molecular flexibility index (Phi) is 3.03. The highest BCUT2D eigenvalue weighted by Crippen LogP contribution is 2.21. The molecule has 0 amide bonds. The van der Waals surface area contributed by atoms with Crippen LogP contribution in [0.25, 0.3) is 0 Å². The molecule has 1 N–H and O–H groups in total. The smallest absolute Gasteiger partial charge is 0.308 e. The second kappa shape index (κ2) is 4.68. The molecule has 0 aliphatic carbocycles. The molecule has 0 aromatic carbocycles. The summed E-state index contributed by atoms with van der Waals surface area (Å²) in [5.74, 6) is 1.24. The van der Waals surface area contributed by atoms with Crippen LogP contribution in [-0.4, -0.2) is 39.1 Å². The lowest BCUT2D eigenvalue weighted by atomic mass is 10.0. The summed E-state index contributed by atoms with van der Waals surface area (Å²) in [6.45, 7) is 2.08. The predicted molar refractivity (Wildman–Crippen MR) is 62.1 cm³/mol. The van der Waals surface area contributed by atoms with Crippen LogP contribution in [0.3, 0.4) is 0 Å². The fourth-order valence-corrected chi connectivity index (χ4v) is 2.65. The minimum atomic E-state index is -0.734. The first-order chi connectivity index (χ1) is 8.72. The first kappa shape index (κ1) is 11.6. The van der Waals surface area contributed by atoms with Crippen LogP contribution in [0, 0.1) is 11.8 Å². The van der Waals surface area contributed by atoms with E-state index in [1.807, 2.05) is 0 Å². The number of nitrogens with zero attached hydrogens (tertiary/aromatic N) is 3. The van der Waals surface area contributed by atoms with E-state index in [4.69, 9.17) is 9.84 Å². The summed E-state index contributed by atoms with van der Waals surface area (Å²) in [5, 5.41) is 13.5. The lowest BCUT2D eigenvalue weighted by Crippen LogP contribution is -2.27. The zero-order valence-electron chi connectivity index (χ0n) is 10.2. The molecule has 98 valence electrons. The van der Waals surface area contributed by atoms with Gasteiger partial charge >= 0.3 is 5.97 Å². The molecule has 0 radical (unpaired) electrons. The largest absolute Gasteiger partial charge is 0.481 e. The number of ether oxygens (including phenoxy) is 1. The molecule has 18 heavy (non-hydrogen) atoms. The Bertz CT molecular complexity index is 451. The minimum absolute atomic E-state index is 0.318. The average molecular weight is 251 g/mol. The van der Waals surface area contributed by atoms with Crippen molar-refractivity contribution in [2.24, 2.45) is 11.8 Å². The van der Waals surface area contributed by atoms with Crippen LogP contribution in [0.2, 0.25) is 0 Å². The number of aromatic nitrogens is 3. The molecular formula is C12H17N3O3.